The van der Waals surface area contributed by atoms with Gasteiger partial charge in [-0.25, -0.2) is 13.1 Å². The fourth-order valence-corrected chi connectivity index (χ4v) is 3.38. The lowest BCUT2D eigenvalue weighted by atomic mass is 9.85. The molecule has 2 unspecified atom stereocenters. The predicted molar refractivity (Wildman–Crippen MR) is 72.6 cm³/mol. The molecule has 0 fully saturated rings. The maximum atomic E-state index is 12.3. The van der Waals surface area contributed by atoms with Crippen molar-refractivity contribution in [2.75, 3.05) is 0 Å². The van der Waals surface area contributed by atoms with Crippen molar-refractivity contribution in [1.29, 1.82) is 0 Å². The Balaban J connectivity index is 2.29. The molecular formula is C14H17NO2S. The molecule has 96 valence electrons. The van der Waals surface area contributed by atoms with Crippen LogP contribution < -0.4 is 4.72 Å². The second-order valence-corrected chi connectivity index (χ2v) is 6.42. The largest absolute Gasteiger partial charge is 0.241 e. The summed E-state index contributed by atoms with van der Waals surface area (Å²) >= 11 is 0. The third-order valence-corrected chi connectivity index (χ3v) is 4.91. The molecule has 0 amide bonds. The summed E-state index contributed by atoms with van der Waals surface area (Å²) in [6.07, 6.45) is 7.68. The molecule has 1 aliphatic rings. The van der Waals surface area contributed by atoms with Gasteiger partial charge in [0.05, 0.1) is 10.4 Å². The zero-order chi connectivity index (χ0) is 13.2. The summed E-state index contributed by atoms with van der Waals surface area (Å²) in [5.74, 6) is 0.112. The van der Waals surface area contributed by atoms with Crippen molar-refractivity contribution < 1.29 is 8.42 Å². The van der Waals surface area contributed by atoms with Crippen molar-refractivity contribution in [3.05, 3.63) is 54.6 Å². The monoisotopic (exact) mass is 263 g/mol. The normalized spacial score (nSPS) is 27.3. The molecule has 1 aromatic rings. The van der Waals surface area contributed by atoms with E-state index in [4.69, 9.17) is 0 Å². The van der Waals surface area contributed by atoms with E-state index in [9.17, 15) is 8.42 Å². The Bertz CT molecular complexity index is 575. The number of hydrogen-bond donors (Lipinski definition) is 1. The average molecular weight is 263 g/mol. The molecule has 0 aliphatic heterocycles. The van der Waals surface area contributed by atoms with Crippen LogP contribution in [-0.4, -0.2) is 14.0 Å². The van der Waals surface area contributed by atoms with E-state index in [0.29, 0.717) is 4.90 Å². The van der Waals surface area contributed by atoms with Gasteiger partial charge in [0, 0.05) is 0 Å². The number of hydrogen-bond acceptors (Lipinski definition) is 2. The fourth-order valence-electron chi connectivity index (χ4n) is 1.91. The third-order valence-electron chi connectivity index (χ3n) is 3.31. The van der Waals surface area contributed by atoms with Gasteiger partial charge in [0.15, 0.2) is 0 Å². The topological polar surface area (TPSA) is 46.2 Å². The van der Waals surface area contributed by atoms with Gasteiger partial charge in [-0.1, -0.05) is 49.4 Å². The summed E-state index contributed by atoms with van der Waals surface area (Å²) in [6, 6.07) is 8.43. The zero-order valence-corrected chi connectivity index (χ0v) is 11.3. The molecule has 2 rings (SSSR count). The van der Waals surface area contributed by atoms with E-state index in [1.807, 2.05) is 38.2 Å². The predicted octanol–water partition coefficient (Wildman–Crippen LogP) is 2.49. The van der Waals surface area contributed by atoms with Crippen molar-refractivity contribution in [1.82, 2.24) is 4.72 Å². The summed E-state index contributed by atoms with van der Waals surface area (Å²) in [6.45, 7) is 3.88. The standard InChI is InChI=1S/C14H17NO2S/c1-12-8-6-7-11-14(12,2)15-18(16,17)13-9-4-3-5-10-13/h3-12,15H,1-2H3. The highest BCUT2D eigenvalue weighted by Crippen LogP contribution is 2.25. The molecule has 0 spiro atoms. The zero-order valence-electron chi connectivity index (χ0n) is 10.5. The van der Waals surface area contributed by atoms with Gasteiger partial charge < -0.3 is 0 Å². The van der Waals surface area contributed by atoms with Crippen LogP contribution >= 0.6 is 0 Å². The number of rotatable bonds is 3. The fraction of sp³-hybridized carbons (Fsp3) is 0.286. The van der Waals surface area contributed by atoms with Crippen molar-refractivity contribution >= 4 is 10.0 Å². The van der Waals surface area contributed by atoms with Crippen molar-refractivity contribution in [2.45, 2.75) is 24.3 Å². The van der Waals surface area contributed by atoms with Crippen LogP contribution in [-0.2, 0) is 10.0 Å². The van der Waals surface area contributed by atoms with Crippen LogP contribution in [0.25, 0.3) is 0 Å². The van der Waals surface area contributed by atoms with Crippen LogP contribution in [0.5, 0.6) is 0 Å². The highest BCUT2D eigenvalue weighted by molar-refractivity contribution is 7.89. The molecule has 0 heterocycles. The number of sulfonamides is 1. The first kappa shape index (κ1) is 13.1. The Morgan fingerprint density at radius 2 is 1.83 bits per heavy atom. The Morgan fingerprint density at radius 3 is 2.44 bits per heavy atom. The minimum absolute atomic E-state index is 0.112. The molecule has 0 aromatic heterocycles. The van der Waals surface area contributed by atoms with Crippen molar-refractivity contribution in [3.8, 4) is 0 Å². The summed E-state index contributed by atoms with van der Waals surface area (Å²) in [5, 5.41) is 0. The van der Waals surface area contributed by atoms with Crippen molar-refractivity contribution in [3.63, 3.8) is 0 Å². The lowest BCUT2D eigenvalue weighted by molar-refractivity contribution is 0.407. The third kappa shape index (κ3) is 2.54. The van der Waals surface area contributed by atoms with E-state index >= 15 is 0 Å². The Hall–Kier alpha value is -1.39. The maximum absolute atomic E-state index is 12.3. The van der Waals surface area contributed by atoms with Crippen LogP contribution in [0.15, 0.2) is 59.5 Å². The van der Waals surface area contributed by atoms with Crippen LogP contribution in [0.3, 0.4) is 0 Å². The van der Waals surface area contributed by atoms with Crippen LogP contribution in [0.2, 0.25) is 0 Å². The Morgan fingerprint density at radius 1 is 1.17 bits per heavy atom. The molecule has 0 radical (unpaired) electrons. The highest BCUT2D eigenvalue weighted by atomic mass is 32.2. The van der Waals surface area contributed by atoms with Gasteiger partial charge in [-0.15, -0.1) is 0 Å². The molecule has 1 aromatic carbocycles. The highest BCUT2D eigenvalue weighted by Gasteiger charge is 2.33. The Kier molecular flexibility index (Phi) is 3.41. The van der Waals surface area contributed by atoms with Gasteiger partial charge in [0.25, 0.3) is 0 Å². The number of nitrogens with one attached hydrogen (secondary N) is 1. The number of benzene rings is 1. The molecule has 0 saturated heterocycles. The first-order chi connectivity index (χ1) is 8.44. The van der Waals surface area contributed by atoms with E-state index < -0.39 is 15.6 Å². The second-order valence-electron chi connectivity index (χ2n) is 4.73. The molecule has 1 N–H and O–H groups in total. The van der Waals surface area contributed by atoms with Gasteiger partial charge in [-0.2, -0.15) is 0 Å². The molecule has 4 heteroatoms. The lowest BCUT2D eigenvalue weighted by Gasteiger charge is -2.33. The minimum Gasteiger partial charge on any atom is -0.207 e. The first-order valence-electron chi connectivity index (χ1n) is 5.89. The summed E-state index contributed by atoms with van der Waals surface area (Å²) in [7, 11) is -3.49. The van der Waals surface area contributed by atoms with Gasteiger partial charge in [-0.3, -0.25) is 0 Å². The van der Waals surface area contributed by atoms with Crippen LogP contribution in [0, 0.1) is 5.92 Å². The summed E-state index contributed by atoms with van der Waals surface area (Å²) < 4.78 is 27.3. The van der Waals surface area contributed by atoms with Crippen LogP contribution in [0.4, 0.5) is 0 Å². The Labute approximate surface area is 108 Å². The van der Waals surface area contributed by atoms with E-state index in [2.05, 4.69) is 4.72 Å². The molecule has 2 atom stereocenters. The quantitative estimate of drug-likeness (QED) is 0.910. The maximum Gasteiger partial charge on any atom is 0.241 e. The molecular weight excluding hydrogens is 246 g/mol. The smallest absolute Gasteiger partial charge is 0.207 e. The lowest BCUT2D eigenvalue weighted by Crippen LogP contribution is -2.49. The molecule has 0 bridgehead atoms. The minimum atomic E-state index is -3.49. The summed E-state index contributed by atoms with van der Waals surface area (Å²) in [5.41, 5.74) is -0.580. The van der Waals surface area contributed by atoms with Gasteiger partial charge in [-0.05, 0) is 25.0 Å². The van der Waals surface area contributed by atoms with Gasteiger partial charge in [0.2, 0.25) is 10.0 Å². The van der Waals surface area contributed by atoms with E-state index in [0.717, 1.165) is 0 Å². The first-order valence-corrected chi connectivity index (χ1v) is 7.37. The molecule has 1 aliphatic carbocycles. The average Bonchev–Trinajstić information content (AvgIpc) is 2.34. The molecule has 0 saturated carbocycles. The van der Waals surface area contributed by atoms with Gasteiger partial charge in [0.1, 0.15) is 0 Å². The summed E-state index contributed by atoms with van der Waals surface area (Å²) in [4.78, 5) is 0.293. The van der Waals surface area contributed by atoms with Crippen LogP contribution in [0.1, 0.15) is 13.8 Å². The second kappa shape index (κ2) is 4.71. The number of allylic oxidation sites excluding steroid dienone is 2. The van der Waals surface area contributed by atoms with E-state index in [-0.39, 0.29) is 5.92 Å². The van der Waals surface area contributed by atoms with E-state index in [1.54, 1.807) is 30.3 Å². The van der Waals surface area contributed by atoms with E-state index in [1.165, 1.54) is 0 Å². The van der Waals surface area contributed by atoms with Crippen molar-refractivity contribution in [2.24, 2.45) is 5.92 Å². The SMILES string of the molecule is CC1C=CC=CC1(C)NS(=O)(=O)c1ccccc1. The molecule has 18 heavy (non-hydrogen) atoms. The molecule has 3 nitrogen and oxygen atoms in total. The van der Waals surface area contributed by atoms with Gasteiger partial charge >= 0.3 is 0 Å².